The third-order valence-electron chi connectivity index (χ3n) is 1.84. The Balaban J connectivity index is 2.36. The third kappa shape index (κ3) is 4.12. The van der Waals surface area contributed by atoms with E-state index < -0.39 is 0 Å². The van der Waals surface area contributed by atoms with Crippen LogP contribution in [0.1, 0.15) is 26.7 Å². The second-order valence-electron chi connectivity index (χ2n) is 4.19. The Morgan fingerprint density at radius 3 is 2.69 bits per heavy atom. The summed E-state index contributed by atoms with van der Waals surface area (Å²) in [5, 5.41) is 3.13. The lowest BCUT2D eigenvalue weighted by atomic mass is 10.1. The van der Waals surface area contributed by atoms with Crippen LogP contribution in [0.25, 0.3) is 0 Å². The molecule has 1 aliphatic rings. The molecule has 1 saturated carbocycles. The van der Waals surface area contributed by atoms with Crippen LogP contribution in [-0.2, 0) is 4.74 Å². The molecule has 4 nitrogen and oxygen atoms in total. The number of aliphatic imine (C=N–C) groups is 1. The first-order valence-corrected chi connectivity index (χ1v) is 4.64. The van der Waals surface area contributed by atoms with Gasteiger partial charge in [0.15, 0.2) is 5.96 Å². The number of hydrogen-bond donors (Lipinski definition) is 2. The van der Waals surface area contributed by atoms with Crippen molar-refractivity contribution in [3.63, 3.8) is 0 Å². The number of methoxy groups -OCH3 is 1. The van der Waals surface area contributed by atoms with Gasteiger partial charge in [0.05, 0.1) is 18.2 Å². The summed E-state index contributed by atoms with van der Waals surface area (Å²) in [7, 11) is 1.68. The van der Waals surface area contributed by atoms with Crippen LogP contribution in [-0.4, -0.2) is 31.3 Å². The molecule has 0 aromatic heterocycles. The molecular formula is C9H19N3O. The first-order chi connectivity index (χ1) is 6.03. The molecule has 0 bridgehead atoms. The topological polar surface area (TPSA) is 59.6 Å². The van der Waals surface area contributed by atoms with Gasteiger partial charge in [0.2, 0.25) is 0 Å². The van der Waals surface area contributed by atoms with Gasteiger partial charge < -0.3 is 15.8 Å². The zero-order valence-corrected chi connectivity index (χ0v) is 8.63. The van der Waals surface area contributed by atoms with Crippen molar-refractivity contribution in [2.24, 2.45) is 10.7 Å². The maximum absolute atomic E-state index is 5.71. The van der Waals surface area contributed by atoms with Gasteiger partial charge in [-0.25, -0.2) is 0 Å². The first kappa shape index (κ1) is 10.3. The minimum Gasteiger partial charge on any atom is -0.382 e. The number of rotatable bonds is 4. The van der Waals surface area contributed by atoms with Gasteiger partial charge in [-0.1, -0.05) is 0 Å². The van der Waals surface area contributed by atoms with E-state index in [1.54, 1.807) is 7.11 Å². The van der Waals surface area contributed by atoms with Crippen molar-refractivity contribution in [2.45, 2.75) is 38.3 Å². The second-order valence-corrected chi connectivity index (χ2v) is 4.19. The van der Waals surface area contributed by atoms with Crippen molar-refractivity contribution < 1.29 is 4.74 Å². The quantitative estimate of drug-likeness (QED) is 0.494. The van der Waals surface area contributed by atoms with Crippen LogP contribution >= 0.6 is 0 Å². The molecule has 0 saturated heterocycles. The lowest BCUT2D eigenvalue weighted by Gasteiger charge is -2.25. The number of nitrogens with two attached hydrogens (primary N) is 1. The van der Waals surface area contributed by atoms with E-state index in [1.165, 1.54) is 12.8 Å². The highest BCUT2D eigenvalue weighted by atomic mass is 16.5. The summed E-state index contributed by atoms with van der Waals surface area (Å²) in [4.78, 5) is 4.28. The molecule has 4 heteroatoms. The molecule has 0 heterocycles. The fourth-order valence-corrected chi connectivity index (χ4v) is 1.18. The first-order valence-electron chi connectivity index (χ1n) is 4.64. The van der Waals surface area contributed by atoms with Gasteiger partial charge >= 0.3 is 0 Å². The van der Waals surface area contributed by atoms with Crippen LogP contribution in [0.2, 0.25) is 0 Å². The fourth-order valence-electron chi connectivity index (χ4n) is 1.18. The summed E-state index contributed by atoms with van der Waals surface area (Å²) in [6, 6.07) is 0.464. The van der Waals surface area contributed by atoms with Crippen molar-refractivity contribution in [3.8, 4) is 0 Å². The van der Waals surface area contributed by atoms with Crippen molar-refractivity contribution in [1.82, 2.24) is 5.32 Å². The van der Waals surface area contributed by atoms with Crippen LogP contribution in [0.15, 0.2) is 4.99 Å². The SMILES string of the molecule is COCC(C)(C)NC(N)=NC1CC1. The summed E-state index contributed by atoms with van der Waals surface area (Å²) >= 11 is 0. The van der Waals surface area contributed by atoms with E-state index in [0.29, 0.717) is 18.6 Å². The van der Waals surface area contributed by atoms with Crippen molar-refractivity contribution >= 4 is 5.96 Å². The van der Waals surface area contributed by atoms with Gasteiger partial charge in [-0.05, 0) is 26.7 Å². The van der Waals surface area contributed by atoms with Crippen LogP contribution in [0.3, 0.4) is 0 Å². The highest BCUT2D eigenvalue weighted by molar-refractivity contribution is 5.79. The normalized spacial score (nSPS) is 18.8. The van der Waals surface area contributed by atoms with Gasteiger partial charge in [-0.15, -0.1) is 0 Å². The standard InChI is InChI=1S/C9H19N3O/c1-9(2,6-13-3)12-8(10)11-7-4-5-7/h7H,4-6H2,1-3H3,(H3,10,11,12). The van der Waals surface area contributed by atoms with Gasteiger partial charge in [-0.2, -0.15) is 0 Å². The average molecular weight is 185 g/mol. The van der Waals surface area contributed by atoms with Crippen LogP contribution in [0.4, 0.5) is 0 Å². The van der Waals surface area contributed by atoms with Gasteiger partial charge in [-0.3, -0.25) is 4.99 Å². The Bertz CT molecular complexity index is 197. The molecule has 0 aliphatic heterocycles. The van der Waals surface area contributed by atoms with Crippen molar-refractivity contribution in [3.05, 3.63) is 0 Å². The van der Waals surface area contributed by atoms with Crippen LogP contribution in [0, 0.1) is 0 Å². The molecule has 0 aromatic carbocycles. The lowest BCUT2D eigenvalue weighted by molar-refractivity contribution is 0.139. The van der Waals surface area contributed by atoms with E-state index >= 15 is 0 Å². The van der Waals surface area contributed by atoms with E-state index in [2.05, 4.69) is 10.3 Å². The number of nitrogens with zero attached hydrogens (tertiary/aromatic N) is 1. The van der Waals surface area contributed by atoms with E-state index in [4.69, 9.17) is 10.5 Å². The highest BCUT2D eigenvalue weighted by Gasteiger charge is 2.23. The fraction of sp³-hybridized carbons (Fsp3) is 0.889. The molecule has 3 N–H and O–H groups in total. The van der Waals surface area contributed by atoms with E-state index in [1.807, 2.05) is 13.8 Å². The molecule has 1 fully saturated rings. The molecule has 1 rings (SSSR count). The molecule has 0 amide bonds. The molecule has 0 aromatic rings. The molecule has 0 unspecified atom stereocenters. The summed E-state index contributed by atoms with van der Waals surface area (Å²) in [5.41, 5.74) is 5.57. The van der Waals surface area contributed by atoms with Crippen LogP contribution < -0.4 is 11.1 Å². The molecule has 0 atom stereocenters. The summed E-state index contributed by atoms with van der Waals surface area (Å²) in [6.45, 7) is 4.69. The van der Waals surface area contributed by atoms with Crippen molar-refractivity contribution in [2.75, 3.05) is 13.7 Å². The van der Waals surface area contributed by atoms with Gasteiger partial charge in [0.25, 0.3) is 0 Å². The summed E-state index contributed by atoms with van der Waals surface area (Å²) in [5.74, 6) is 0.532. The summed E-state index contributed by atoms with van der Waals surface area (Å²) < 4.78 is 5.06. The zero-order chi connectivity index (χ0) is 9.90. The Labute approximate surface area is 79.6 Å². The minimum absolute atomic E-state index is 0.142. The van der Waals surface area contributed by atoms with Gasteiger partial charge in [0, 0.05) is 7.11 Å². The lowest BCUT2D eigenvalue weighted by Crippen LogP contribution is -2.50. The van der Waals surface area contributed by atoms with E-state index in [-0.39, 0.29) is 5.54 Å². The van der Waals surface area contributed by atoms with Gasteiger partial charge in [0.1, 0.15) is 0 Å². The predicted molar refractivity (Wildman–Crippen MR) is 53.7 cm³/mol. The largest absolute Gasteiger partial charge is 0.382 e. The Hall–Kier alpha value is -0.770. The molecule has 0 radical (unpaired) electrons. The Morgan fingerprint density at radius 1 is 1.62 bits per heavy atom. The van der Waals surface area contributed by atoms with E-state index in [0.717, 1.165) is 0 Å². The number of ether oxygens (including phenoxy) is 1. The maximum atomic E-state index is 5.71. The predicted octanol–water partition coefficient (Wildman–Crippen LogP) is 0.478. The number of hydrogen-bond acceptors (Lipinski definition) is 2. The molecule has 13 heavy (non-hydrogen) atoms. The minimum atomic E-state index is -0.142. The Kier molecular flexibility index (Phi) is 3.14. The molecule has 0 spiro atoms. The van der Waals surface area contributed by atoms with Crippen LogP contribution in [0.5, 0.6) is 0 Å². The van der Waals surface area contributed by atoms with Crippen molar-refractivity contribution in [1.29, 1.82) is 0 Å². The highest BCUT2D eigenvalue weighted by Crippen LogP contribution is 2.23. The molecule has 1 aliphatic carbocycles. The van der Waals surface area contributed by atoms with E-state index in [9.17, 15) is 0 Å². The monoisotopic (exact) mass is 185 g/mol. The Morgan fingerprint density at radius 2 is 2.23 bits per heavy atom. The number of nitrogens with one attached hydrogen (secondary N) is 1. The molecule has 76 valence electrons. The third-order valence-corrected chi connectivity index (χ3v) is 1.84. The second kappa shape index (κ2) is 3.96. The zero-order valence-electron chi connectivity index (χ0n) is 8.63. The maximum Gasteiger partial charge on any atom is 0.189 e. The summed E-state index contributed by atoms with van der Waals surface area (Å²) in [6.07, 6.45) is 2.35. The average Bonchev–Trinajstić information content (AvgIpc) is 2.68. The smallest absolute Gasteiger partial charge is 0.189 e. The number of guanidine groups is 1. The molecular weight excluding hydrogens is 166 g/mol.